The van der Waals surface area contributed by atoms with Gasteiger partial charge in [-0.3, -0.25) is 4.79 Å². The zero-order valence-corrected chi connectivity index (χ0v) is 11.2. The molecule has 0 atom stereocenters. The van der Waals surface area contributed by atoms with Gasteiger partial charge in [0.15, 0.2) is 0 Å². The summed E-state index contributed by atoms with van der Waals surface area (Å²) in [6.45, 7) is 3.06. The lowest BCUT2D eigenvalue weighted by molar-refractivity contribution is -0.134. The van der Waals surface area contributed by atoms with E-state index in [0.717, 1.165) is 24.4 Å². The summed E-state index contributed by atoms with van der Waals surface area (Å²) in [5.74, 6) is 1.87. The first kappa shape index (κ1) is 13.1. The van der Waals surface area contributed by atoms with E-state index < -0.39 is 0 Å². The Morgan fingerprint density at radius 2 is 2.22 bits per heavy atom. The third-order valence-corrected chi connectivity index (χ3v) is 3.99. The van der Waals surface area contributed by atoms with Gasteiger partial charge in [-0.05, 0) is 43.9 Å². The van der Waals surface area contributed by atoms with Gasteiger partial charge in [-0.15, -0.1) is 0 Å². The minimum atomic E-state index is 0.0738. The maximum absolute atomic E-state index is 12.2. The van der Waals surface area contributed by atoms with Crippen molar-refractivity contribution in [2.24, 2.45) is 11.1 Å². The van der Waals surface area contributed by atoms with Gasteiger partial charge in [0.05, 0.1) is 6.54 Å². The molecular weight excluding hydrogens is 228 g/mol. The van der Waals surface area contributed by atoms with Gasteiger partial charge < -0.3 is 15.1 Å². The van der Waals surface area contributed by atoms with Crippen LogP contribution in [0.3, 0.4) is 0 Å². The van der Waals surface area contributed by atoms with E-state index >= 15 is 0 Å². The van der Waals surface area contributed by atoms with Gasteiger partial charge in [-0.25, -0.2) is 0 Å². The fourth-order valence-electron chi connectivity index (χ4n) is 2.48. The molecule has 0 aromatic carbocycles. The number of rotatable bonds is 5. The second kappa shape index (κ2) is 5.14. The van der Waals surface area contributed by atoms with Gasteiger partial charge in [0.2, 0.25) is 5.91 Å². The topological polar surface area (TPSA) is 59.5 Å². The van der Waals surface area contributed by atoms with E-state index in [4.69, 9.17) is 10.2 Å². The zero-order valence-electron chi connectivity index (χ0n) is 11.2. The summed E-state index contributed by atoms with van der Waals surface area (Å²) < 4.78 is 5.48. The van der Waals surface area contributed by atoms with Crippen molar-refractivity contribution in [3.05, 3.63) is 23.7 Å². The molecule has 0 unspecified atom stereocenters. The molecule has 18 heavy (non-hydrogen) atoms. The van der Waals surface area contributed by atoms with Crippen molar-refractivity contribution in [3.63, 3.8) is 0 Å². The Kier molecular flexibility index (Phi) is 3.76. The number of furan rings is 1. The molecule has 1 aromatic heterocycles. The summed E-state index contributed by atoms with van der Waals surface area (Å²) >= 11 is 0. The largest absolute Gasteiger partial charge is 0.464 e. The molecule has 1 amide bonds. The molecular formula is C14H22N2O2. The molecule has 4 heteroatoms. The highest BCUT2D eigenvalue weighted by molar-refractivity contribution is 5.76. The van der Waals surface area contributed by atoms with Gasteiger partial charge in [0.1, 0.15) is 11.5 Å². The fourth-order valence-corrected chi connectivity index (χ4v) is 2.48. The summed E-state index contributed by atoms with van der Waals surface area (Å²) in [4.78, 5) is 13.9. The third-order valence-electron chi connectivity index (χ3n) is 3.99. The van der Waals surface area contributed by atoms with Crippen molar-refractivity contribution >= 4 is 5.91 Å². The molecule has 1 fully saturated rings. The summed E-state index contributed by atoms with van der Waals surface area (Å²) in [7, 11) is 1.82. The van der Waals surface area contributed by atoms with Crippen LogP contribution in [0.25, 0.3) is 0 Å². The molecule has 0 radical (unpaired) electrons. The molecule has 2 rings (SSSR count). The maximum atomic E-state index is 12.2. The van der Waals surface area contributed by atoms with Crippen molar-refractivity contribution in [2.45, 2.75) is 39.2 Å². The highest BCUT2D eigenvalue weighted by atomic mass is 16.3. The summed E-state index contributed by atoms with van der Waals surface area (Å²) in [6, 6.07) is 3.84. The lowest BCUT2D eigenvalue weighted by Gasteiger charge is -2.41. The quantitative estimate of drug-likeness (QED) is 0.870. The first-order valence-corrected chi connectivity index (χ1v) is 6.54. The van der Waals surface area contributed by atoms with E-state index in [1.165, 1.54) is 6.42 Å². The molecule has 0 bridgehead atoms. The maximum Gasteiger partial charge on any atom is 0.223 e. The molecule has 1 aliphatic rings. The highest BCUT2D eigenvalue weighted by Gasteiger charge is 2.38. The molecule has 0 saturated heterocycles. The first-order chi connectivity index (χ1) is 8.54. The Balaban J connectivity index is 1.88. The normalized spacial score (nSPS) is 17.3. The minimum absolute atomic E-state index is 0.0738. The summed E-state index contributed by atoms with van der Waals surface area (Å²) in [5, 5.41) is 0. The molecule has 1 aromatic rings. The van der Waals surface area contributed by atoms with Crippen LogP contribution in [-0.4, -0.2) is 24.4 Å². The molecule has 4 nitrogen and oxygen atoms in total. The lowest BCUT2D eigenvalue weighted by atomic mass is 9.66. The Bertz CT molecular complexity index is 416. The second-order valence-electron chi connectivity index (χ2n) is 5.50. The third kappa shape index (κ3) is 2.75. The standard InChI is InChI=1S/C14H22N2O2/c1-11-4-5-12(18-11)9-16(2)13(17)8-14(10-15)6-3-7-14/h4-5H,3,6-10,15H2,1-2H3. The van der Waals surface area contributed by atoms with Crippen LogP contribution in [0, 0.1) is 12.3 Å². The van der Waals surface area contributed by atoms with Crippen LogP contribution in [0.1, 0.15) is 37.2 Å². The van der Waals surface area contributed by atoms with Crippen molar-refractivity contribution in [2.75, 3.05) is 13.6 Å². The van der Waals surface area contributed by atoms with Gasteiger partial charge >= 0.3 is 0 Å². The van der Waals surface area contributed by atoms with Crippen molar-refractivity contribution in [3.8, 4) is 0 Å². The number of amides is 1. The molecule has 1 saturated carbocycles. The predicted molar refractivity (Wildman–Crippen MR) is 69.9 cm³/mol. The number of hydrogen-bond acceptors (Lipinski definition) is 3. The van der Waals surface area contributed by atoms with Gasteiger partial charge in [-0.2, -0.15) is 0 Å². The number of nitrogens with zero attached hydrogens (tertiary/aromatic N) is 1. The zero-order chi connectivity index (χ0) is 13.2. The van der Waals surface area contributed by atoms with Crippen molar-refractivity contribution in [1.29, 1.82) is 0 Å². The summed E-state index contributed by atoms with van der Waals surface area (Å²) in [6.07, 6.45) is 3.94. The van der Waals surface area contributed by atoms with Gasteiger partial charge in [0.25, 0.3) is 0 Å². The Hall–Kier alpha value is -1.29. The van der Waals surface area contributed by atoms with Crippen LogP contribution in [-0.2, 0) is 11.3 Å². The summed E-state index contributed by atoms with van der Waals surface area (Å²) in [5.41, 5.74) is 5.86. The van der Waals surface area contributed by atoms with E-state index in [0.29, 0.717) is 19.5 Å². The van der Waals surface area contributed by atoms with Crippen LogP contribution in [0.5, 0.6) is 0 Å². The van der Waals surface area contributed by atoms with Crippen LogP contribution >= 0.6 is 0 Å². The number of hydrogen-bond donors (Lipinski definition) is 1. The average Bonchev–Trinajstić information content (AvgIpc) is 2.69. The van der Waals surface area contributed by atoms with Gasteiger partial charge in [-0.1, -0.05) is 6.42 Å². The Morgan fingerprint density at radius 3 is 2.67 bits per heavy atom. The van der Waals surface area contributed by atoms with E-state index in [9.17, 15) is 4.79 Å². The molecule has 1 heterocycles. The Morgan fingerprint density at radius 1 is 1.50 bits per heavy atom. The van der Waals surface area contributed by atoms with Crippen molar-refractivity contribution < 1.29 is 9.21 Å². The molecule has 1 aliphatic carbocycles. The monoisotopic (exact) mass is 250 g/mol. The number of nitrogens with two attached hydrogens (primary N) is 1. The van der Waals surface area contributed by atoms with E-state index in [1.807, 2.05) is 26.1 Å². The van der Waals surface area contributed by atoms with Crippen molar-refractivity contribution in [1.82, 2.24) is 4.90 Å². The van der Waals surface area contributed by atoms with E-state index in [2.05, 4.69) is 0 Å². The number of aryl methyl sites for hydroxylation is 1. The average molecular weight is 250 g/mol. The van der Waals surface area contributed by atoms with Crippen LogP contribution in [0.15, 0.2) is 16.5 Å². The first-order valence-electron chi connectivity index (χ1n) is 6.54. The lowest BCUT2D eigenvalue weighted by Crippen LogP contribution is -2.42. The second-order valence-corrected chi connectivity index (χ2v) is 5.50. The Labute approximate surface area is 108 Å². The van der Waals surface area contributed by atoms with Crippen LogP contribution < -0.4 is 5.73 Å². The SMILES string of the molecule is Cc1ccc(CN(C)C(=O)CC2(CN)CCC2)o1. The molecule has 0 aliphatic heterocycles. The fraction of sp³-hybridized carbons (Fsp3) is 0.643. The van der Waals surface area contributed by atoms with Gasteiger partial charge in [0, 0.05) is 13.5 Å². The number of carbonyl (C=O) groups excluding carboxylic acids is 1. The minimum Gasteiger partial charge on any atom is -0.464 e. The van der Waals surface area contributed by atoms with Crippen LogP contribution in [0.4, 0.5) is 0 Å². The van der Waals surface area contributed by atoms with E-state index in [-0.39, 0.29) is 11.3 Å². The molecule has 0 spiro atoms. The highest BCUT2D eigenvalue weighted by Crippen LogP contribution is 2.43. The number of carbonyl (C=O) groups is 1. The molecule has 100 valence electrons. The predicted octanol–water partition coefficient (Wildman–Crippen LogP) is 2.07. The molecule has 2 N–H and O–H groups in total. The smallest absolute Gasteiger partial charge is 0.223 e. The van der Waals surface area contributed by atoms with E-state index in [1.54, 1.807) is 4.90 Å². The van der Waals surface area contributed by atoms with Crippen LogP contribution in [0.2, 0.25) is 0 Å².